The molecule has 31 heavy (non-hydrogen) atoms. The molecule has 3 rings (SSSR count). The number of aromatic nitrogens is 3. The van der Waals surface area contributed by atoms with Gasteiger partial charge in [0.05, 0.1) is 31.2 Å². The summed E-state index contributed by atoms with van der Waals surface area (Å²) in [6.45, 7) is 2.69. The van der Waals surface area contributed by atoms with Gasteiger partial charge >= 0.3 is 0 Å². The van der Waals surface area contributed by atoms with E-state index in [4.69, 9.17) is 14.7 Å². The third-order valence-corrected chi connectivity index (χ3v) is 5.54. The monoisotopic (exact) mass is 437 g/mol. The Morgan fingerprint density at radius 1 is 1.16 bits per heavy atom. The first-order chi connectivity index (χ1) is 15.1. The van der Waals surface area contributed by atoms with Gasteiger partial charge in [0, 0.05) is 13.0 Å². The number of nitrogens with zero attached hydrogens (tertiary/aromatic N) is 4. The summed E-state index contributed by atoms with van der Waals surface area (Å²) >= 11 is 1.31. The highest BCUT2D eigenvalue weighted by molar-refractivity contribution is 7.99. The van der Waals surface area contributed by atoms with E-state index in [1.165, 1.54) is 11.8 Å². The second-order valence-electron chi connectivity index (χ2n) is 6.50. The first-order valence-corrected chi connectivity index (χ1v) is 10.6. The van der Waals surface area contributed by atoms with Gasteiger partial charge in [-0.2, -0.15) is 5.26 Å². The molecule has 0 bridgehead atoms. The quantitative estimate of drug-likeness (QED) is 0.511. The molecule has 9 heteroatoms. The fraction of sp³-hybridized carbons (Fsp3) is 0.273. The standard InChI is InChI=1S/C22H23N5O3S/c1-4-27-20(12-15-9-10-18(29-2)19(11-15)30-3)25-26-22(27)31-14-21(28)24-17-8-6-5-7-16(17)13-23/h5-11H,4,12,14H2,1-3H3,(H,24,28). The normalized spacial score (nSPS) is 10.4. The fourth-order valence-corrected chi connectivity index (χ4v) is 3.87. The van der Waals surface area contributed by atoms with E-state index in [1.54, 1.807) is 38.5 Å². The van der Waals surface area contributed by atoms with Crippen molar-refractivity contribution in [1.29, 1.82) is 5.26 Å². The van der Waals surface area contributed by atoms with Crippen molar-refractivity contribution in [1.82, 2.24) is 14.8 Å². The number of para-hydroxylation sites is 1. The van der Waals surface area contributed by atoms with E-state index in [0.29, 0.717) is 40.9 Å². The second kappa shape index (κ2) is 10.5. The molecule has 8 nitrogen and oxygen atoms in total. The van der Waals surface area contributed by atoms with Crippen molar-refractivity contribution in [2.45, 2.75) is 25.0 Å². The number of rotatable bonds is 9. The zero-order chi connectivity index (χ0) is 22.2. The lowest BCUT2D eigenvalue weighted by Gasteiger charge is -2.11. The molecule has 0 aliphatic heterocycles. The molecule has 1 amide bonds. The first kappa shape index (κ1) is 22.2. The van der Waals surface area contributed by atoms with Gasteiger partial charge in [0.1, 0.15) is 11.9 Å². The molecule has 0 unspecified atom stereocenters. The molecular formula is C22H23N5O3S. The van der Waals surface area contributed by atoms with Crippen LogP contribution in [0.2, 0.25) is 0 Å². The smallest absolute Gasteiger partial charge is 0.234 e. The minimum atomic E-state index is -0.209. The number of amides is 1. The van der Waals surface area contributed by atoms with E-state index >= 15 is 0 Å². The maximum Gasteiger partial charge on any atom is 0.234 e. The van der Waals surface area contributed by atoms with E-state index in [9.17, 15) is 4.79 Å². The molecule has 1 N–H and O–H groups in total. The van der Waals surface area contributed by atoms with Crippen molar-refractivity contribution in [3.05, 3.63) is 59.4 Å². The predicted molar refractivity (Wildman–Crippen MR) is 119 cm³/mol. The third kappa shape index (κ3) is 5.35. The zero-order valence-corrected chi connectivity index (χ0v) is 18.4. The Morgan fingerprint density at radius 2 is 1.94 bits per heavy atom. The lowest BCUT2D eigenvalue weighted by atomic mass is 10.1. The maximum absolute atomic E-state index is 12.4. The summed E-state index contributed by atoms with van der Waals surface area (Å²) in [7, 11) is 3.20. The minimum absolute atomic E-state index is 0.161. The van der Waals surface area contributed by atoms with Crippen molar-refractivity contribution in [2.24, 2.45) is 0 Å². The van der Waals surface area contributed by atoms with Crippen LogP contribution >= 0.6 is 11.8 Å². The number of thioether (sulfide) groups is 1. The Kier molecular flexibility index (Phi) is 7.51. The summed E-state index contributed by atoms with van der Waals surface area (Å²) in [5.41, 5.74) is 1.94. The van der Waals surface area contributed by atoms with E-state index in [2.05, 4.69) is 21.6 Å². The summed E-state index contributed by atoms with van der Waals surface area (Å²) in [4.78, 5) is 12.4. The number of carbonyl (C=O) groups excluding carboxylic acids is 1. The molecule has 0 aliphatic rings. The van der Waals surface area contributed by atoms with Crippen LogP contribution in [0.4, 0.5) is 5.69 Å². The van der Waals surface area contributed by atoms with Gasteiger partial charge in [0.25, 0.3) is 0 Å². The highest BCUT2D eigenvalue weighted by Gasteiger charge is 2.15. The zero-order valence-electron chi connectivity index (χ0n) is 17.6. The molecule has 0 fully saturated rings. The largest absolute Gasteiger partial charge is 0.493 e. The summed E-state index contributed by atoms with van der Waals surface area (Å²) in [6, 6.07) is 14.7. The number of hydrogen-bond donors (Lipinski definition) is 1. The summed E-state index contributed by atoms with van der Waals surface area (Å²) < 4.78 is 12.6. The third-order valence-electron chi connectivity index (χ3n) is 4.57. The van der Waals surface area contributed by atoms with Crippen LogP contribution in [0.5, 0.6) is 11.5 Å². The Hall–Kier alpha value is -3.51. The van der Waals surface area contributed by atoms with Crippen LogP contribution in [0.1, 0.15) is 23.9 Å². The molecule has 0 saturated heterocycles. The van der Waals surface area contributed by atoms with Gasteiger partial charge in [-0.25, -0.2) is 0 Å². The molecule has 160 valence electrons. The number of carbonyl (C=O) groups is 1. The molecule has 0 radical (unpaired) electrons. The van der Waals surface area contributed by atoms with Crippen LogP contribution in [-0.4, -0.2) is 40.6 Å². The van der Waals surface area contributed by atoms with Crippen LogP contribution < -0.4 is 14.8 Å². The second-order valence-corrected chi connectivity index (χ2v) is 7.45. The Morgan fingerprint density at radius 3 is 2.65 bits per heavy atom. The highest BCUT2D eigenvalue weighted by Crippen LogP contribution is 2.29. The molecule has 0 aliphatic carbocycles. The number of ether oxygens (including phenoxy) is 2. The van der Waals surface area contributed by atoms with Gasteiger partial charge in [0.15, 0.2) is 16.7 Å². The van der Waals surface area contributed by atoms with E-state index in [0.717, 1.165) is 11.4 Å². The fourth-order valence-electron chi connectivity index (χ4n) is 3.05. The van der Waals surface area contributed by atoms with E-state index < -0.39 is 0 Å². The molecule has 0 atom stereocenters. The van der Waals surface area contributed by atoms with Gasteiger partial charge in [-0.1, -0.05) is 30.0 Å². The topological polar surface area (TPSA) is 102 Å². The van der Waals surface area contributed by atoms with Crippen molar-refractivity contribution >= 4 is 23.4 Å². The van der Waals surface area contributed by atoms with Gasteiger partial charge in [-0.3, -0.25) is 4.79 Å². The molecule has 2 aromatic carbocycles. The average Bonchev–Trinajstić information content (AvgIpc) is 3.19. The van der Waals surface area contributed by atoms with Gasteiger partial charge < -0.3 is 19.4 Å². The average molecular weight is 438 g/mol. The van der Waals surface area contributed by atoms with Crippen molar-refractivity contribution in [3.63, 3.8) is 0 Å². The summed E-state index contributed by atoms with van der Waals surface area (Å²) in [5.74, 6) is 2.08. The Labute approximate surface area is 185 Å². The van der Waals surface area contributed by atoms with Crippen LogP contribution in [0.3, 0.4) is 0 Å². The van der Waals surface area contributed by atoms with Crippen LogP contribution in [0.25, 0.3) is 0 Å². The van der Waals surface area contributed by atoms with Crippen LogP contribution in [-0.2, 0) is 17.8 Å². The van der Waals surface area contributed by atoms with Gasteiger partial charge in [-0.15, -0.1) is 10.2 Å². The molecule has 3 aromatic rings. The van der Waals surface area contributed by atoms with Crippen LogP contribution in [0, 0.1) is 11.3 Å². The lowest BCUT2D eigenvalue weighted by Crippen LogP contribution is -2.15. The number of anilines is 1. The molecule has 1 aromatic heterocycles. The number of methoxy groups -OCH3 is 2. The molecule has 1 heterocycles. The summed E-state index contributed by atoms with van der Waals surface area (Å²) in [5, 5.41) is 21.2. The van der Waals surface area contributed by atoms with E-state index in [1.807, 2.05) is 29.7 Å². The lowest BCUT2D eigenvalue weighted by molar-refractivity contribution is -0.113. The van der Waals surface area contributed by atoms with Crippen LogP contribution in [0.15, 0.2) is 47.6 Å². The van der Waals surface area contributed by atoms with Gasteiger partial charge in [-0.05, 0) is 36.8 Å². The molecule has 0 saturated carbocycles. The van der Waals surface area contributed by atoms with Crippen molar-refractivity contribution in [3.8, 4) is 17.6 Å². The highest BCUT2D eigenvalue weighted by atomic mass is 32.2. The van der Waals surface area contributed by atoms with E-state index in [-0.39, 0.29) is 11.7 Å². The summed E-state index contributed by atoms with van der Waals surface area (Å²) in [6.07, 6.45) is 0.573. The van der Waals surface area contributed by atoms with Gasteiger partial charge in [0.2, 0.25) is 5.91 Å². The number of nitriles is 1. The first-order valence-electron chi connectivity index (χ1n) is 9.64. The minimum Gasteiger partial charge on any atom is -0.493 e. The predicted octanol–water partition coefficient (Wildman–Crippen LogP) is 3.51. The SMILES string of the molecule is CCn1c(Cc2ccc(OC)c(OC)c2)nnc1SCC(=O)Nc1ccccc1C#N. The number of hydrogen-bond acceptors (Lipinski definition) is 7. The molecule has 0 spiro atoms. The maximum atomic E-state index is 12.4. The Balaban J connectivity index is 1.67. The van der Waals surface area contributed by atoms with Crippen molar-refractivity contribution < 1.29 is 14.3 Å². The number of nitrogens with one attached hydrogen (secondary N) is 1. The number of benzene rings is 2. The van der Waals surface area contributed by atoms with Crippen molar-refractivity contribution in [2.75, 3.05) is 25.3 Å². The Bertz CT molecular complexity index is 1110. The molecular weight excluding hydrogens is 414 g/mol.